The Balaban J connectivity index is 2.00. The number of fused-ring (bicyclic) bond motifs is 1. The number of carbonyl (C=O) groups is 1. The maximum atomic E-state index is 11.0. The number of rotatable bonds is 6. The summed E-state index contributed by atoms with van der Waals surface area (Å²) in [6.45, 7) is 4.43. The van der Waals surface area contributed by atoms with Crippen LogP contribution in [-0.2, 0) is 16.0 Å². The number of hydrogen-bond donors (Lipinski definition) is 2. The van der Waals surface area contributed by atoms with Gasteiger partial charge in [0.15, 0.2) is 0 Å². The molecule has 1 fully saturated rings. The number of ether oxygens (including phenoxy) is 2. The maximum Gasteiger partial charge on any atom is 0.404 e. The van der Waals surface area contributed by atoms with E-state index in [0.717, 1.165) is 48.5 Å². The fourth-order valence-corrected chi connectivity index (χ4v) is 3.56. The summed E-state index contributed by atoms with van der Waals surface area (Å²) < 4.78 is 12.4. The number of aryl methyl sites for hydroxylation is 1. The summed E-state index contributed by atoms with van der Waals surface area (Å²) in [6, 6.07) is 3.96. The van der Waals surface area contributed by atoms with E-state index in [1.807, 2.05) is 19.1 Å². The number of amides is 1. The van der Waals surface area contributed by atoms with Gasteiger partial charge in [0, 0.05) is 20.2 Å². The number of anilines is 2. The van der Waals surface area contributed by atoms with Gasteiger partial charge in [0.1, 0.15) is 17.9 Å². The lowest BCUT2D eigenvalue weighted by Gasteiger charge is -2.27. The third kappa shape index (κ3) is 3.34. The SMILES string of the molecule is COCCn1c(C)nc2c(N3CCCC3COC(N)=O)c(N)ccc21. The molecule has 0 bridgehead atoms. The van der Waals surface area contributed by atoms with E-state index in [2.05, 4.69) is 9.47 Å². The zero-order valence-corrected chi connectivity index (χ0v) is 14.7. The molecular formula is C17H25N5O3. The minimum Gasteiger partial charge on any atom is -0.448 e. The highest BCUT2D eigenvalue weighted by Gasteiger charge is 2.29. The van der Waals surface area contributed by atoms with Crippen LogP contribution in [0.1, 0.15) is 18.7 Å². The second-order valence-corrected chi connectivity index (χ2v) is 6.29. The molecule has 8 nitrogen and oxygen atoms in total. The van der Waals surface area contributed by atoms with Crippen molar-refractivity contribution in [1.82, 2.24) is 9.55 Å². The number of primary amides is 1. The molecule has 0 spiro atoms. The van der Waals surface area contributed by atoms with Crippen molar-refractivity contribution in [1.29, 1.82) is 0 Å². The first-order chi connectivity index (χ1) is 12.0. The molecule has 3 rings (SSSR count). The fourth-order valence-electron chi connectivity index (χ4n) is 3.56. The van der Waals surface area contributed by atoms with Crippen molar-refractivity contribution >= 4 is 28.5 Å². The molecule has 0 aliphatic carbocycles. The first-order valence-corrected chi connectivity index (χ1v) is 8.46. The Morgan fingerprint density at radius 2 is 2.24 bits per heavy atom. The van der Waals surface area contributed by atoms with Crippen LogP contribution >= 0.6 is 0 Å². The molecule has 0 saturated carbocycles. The Morgan fingerprint density at radius 3 is 2.96 bits per heavy atom. The topological polar surface area (TPSA) is 109 Å². The molecule has 1 aromatic carbocycles. The number of nitrogens with zero attached hydrogens (tertiary/aromatic N) is 3. The van der Waals surface area contributed by atoms with Crippen LogP contribution in [0.15, 0.2) is 12.1 Å². The van der Waals surface area contributed by atoms with Gasteiger partial charge < -0.3 is 30.4 Å². The first kappa shape index (κ1) is 17.3. The molecule has 4 N–H and O–H groups in total. The lowest BCUT2D eigenvalue weighted by Crippen LogP contribution is -2.35. The summed E-state index contributed by atoms with van der Waals surface area (Å²) in [5.74, 6) is 0.919. The summed E-state index contributed by atoms with van der Waals surface area (Å²) in [4.78, 5) is 17.9. The van der Waals surface area contributed by atoms with Crippen molar-refractivity contribution in [2.45, 2.75) is 32.4 Å². The van der Waals surface area contributed by atoms with Crippen LogP contribution in [0, 0.1) is 6.92 Å². The third-order valence-corrected chi connectivity index (χ3v) is 4.72. The molecular weight excluding hydrogens is 322 g/mol. The van der Waals surface area contributed by atoms with Crippen molar-refractivity contribution < 1.29 is 14.3 Å². The van der Waals surface area contributed by atoms with E-state index >= 15 is 0 Å². The molecule has 1 unspecified atom stereocenters. The van der Waals surface area contributed by atoms with Gasteiger partial charge in [0.2, 0.25) is 0 Å². The summed E-state index contributed by atoms with van der Waals surface area (Å²) >= 11 is 0. The van der Waals surface area contributed by atoms with Crippen molar-refractivity contribution in [3.05, 3.63) is 18.0 Å². The molecule has 1 atom stereocenters. The van der Waals surface area contributed by atoms with Gasteiger partial charge in [-0.15, -0.1) is 0 Å². The standard InChI is InChI=1S/C17H25N5O3/c1-11-20-15-14(21(11)8-9-24-2)6-5-13(18)16(15)22-7-3-4-12(22)10-25-17(19)23/h5-6,12H,3-4,7-10,18H2,1-2H3,(H2,19,23). The smallest absolute Gasteiger partial charge is 0.404 e. The van der Waals surface area contributed by atoms with E-state index in [4.69, 9.17) is 25.9 Å². The van der Waals surface area contributed by atoms with Gasteiger partial charge >= 0.3 is 6.09 Å². The van der Waals surface area contributed by atoms with Gasteiger partial charge in [-0.05, 0) is 31.9 Å². The zero-order valence-electron chi connectivity index (χ0n) is 14.7. The maximum absolute atomic E-state index is 11.0. The Kier molecular flexibility index (Phi) is 4.98. The van der Waals surface area contributed by atoms with E-state index in [1.54, 1.807) is 7.11 Å². The van der Waals surface area contributed by atoms with E-state index in [0.29, 0.717) is 12.3 Å². The van der Waals surface area contributed by atoms with Gasteiger partial charge in [-0.25, -0.2) is 9.78 Å². The van der Waals surface area contributed by atoms with Crippen LogP contribution in [-0.4, -0.2) is 48.6 Å². The number of imidazole rings is 1. The average Bonchev–Trinajstić information content (AvgIpc) is 3.15. The van der Waals surface area contributed by atoms with Crippen LogP contribution < -0.4 is 16.4 Å². The van der Waals surface area contributed by atoms with Crippen LogP contribution in [0.4, 0.5) is 16.2 Å². The lowest BCUT2D eigenvalue weighted by atomic mass is 10.1. The lowest BCUT2D eigenvalue weighted by molar-refractivity contribution is 0.149. The Labute approximate surface area is 146 Å². The molecule has 136 valence electrons. The molecule has 1 aliphatic heterocycles. The molecule has 2 heterocycles. The van der Waals surface area contributed by atoms with Crippen molar-refractivity contribution in [2.75, 3.05) is 37.5 Å². The van der Waals surface area contributed by atoms with Crippen LogP contribution in [0.5, 0.6) is 0 Å². The Bertz CT molecular complexity index is 773. The molecule has 1 aliphatic rings. The minimum atomic E-state index is -0.752. The molecule has 1 saturated heterocycles. The summed E-state index contributed by atoms with van der Waals surface area (Å²) in [5, 5.41) is 0. The number of methoxy groups -OCH3 is 1. The third-order valence-electron chi connectivity index (χ3n) is 4.72. The Hall–Kier alpha value is -2.48. The van der Waals surface area contributed by atoms with Gasteiger partial charge in [-0.1, -0.05) is 0 Å². The predicted octanol–water partition coefficient (Wildman–Crippen LogP) is 1.64. The molecule has 1 amide bonds. The van der Waals surface area contributed by atoms with E-state index in [1.165, 1.54) is 0 Å². The largest absolute Gasteiger partial charge is 0.448 e. The summed E-state index contributed by atoms with van der Waals surface area (Å²) in [5.41, 5.74) is 14.9. The van der Waals surface area contributed by atoms with Gasteiger partial charge in [-0.3, -0.25) is 0 Å². The monoisotopic (exact) mass is 347 g/mol. The van der Waals surface area contributed by atoms with E-state index in [-0.39, 0.29) is 12.6 Å². The number of benzene rings is 1. The number of nitrogens with two attached hydrogens (primary N) is 2. The van der Waals surface area contributed by atoms with Crippen LogP contribution in [0.2, 0.25) is 0 Å². The normalized spacial score (nSPS) is 17.4. The quantitative estimate of drug-likeness (QED) is 0.769. The molecule has 1 aromatic heterocycles. The minimum absolute atomic E-state index is 0.0600. The highest BCUT2D eigenvalue weighted by molar-refractivity contribution is 5.96. The molecule has 0 radical (unpaired) electrons. The second-order valence-electron chi connectivity index (χ2n) is 6.29. The second kappa shape index (κ2) is 7.18. The fraction of sp³-hybridized carbons (Fsp3) is 0.529. The van der Waals surface area contributed by atoms with Gasteiger partial charge in [0.05, 0.1) is 29.5 Å². The molecule has 25 heavy (non-hydrogen) atoms. The van der Waals surface area contributed by atoms with E-state index < -0.39 is 6.09 Å². The van der Waals surface area contributed by atoms with Crippen LogP contribution in [0.3, 0.4) is 0 Å². The van der Waals surface area contributed by atoms with Crippen molar-refractivity contribution in [3.63, 3.8) is 0 Å². The molecule has 2 aromatic rings. The van der Waals surface area contributed by atoms with Crippen LogP contribution in [0.25, 0.3) is 11.0 Å². The Morgan fingerprint density at radius 1 is 1.44 bits per heavy atom. The summed E-state index contributed by atoms with van der Waals surface area (Å²) in [7, 11) is 1.69. The highest BCUT2D eigenvalue weighted by Crippen LogP contribution is 2.37. The number of carbonyl (C=O) groups excluding carboxylic acids is 1. The van der Waals surface area contributed by atoms with Gasteiger partial charge in [0.25, 0.3) is 0 Å². The number of hydrogen-bond acceptors (Lipinski definition) is 6. The zero-order chi connectivity index (χ0) is 18.0. The summed E-state index contributed by atoms with van der Waals surface area (Å²) in [6.07, 6.45) is 1.18. The van der Waals surface area contributed by atoms with Crippen molar-refractivity contribution in [3.8, 4) is 0 Å². The number of nitrogen functional groups attached to an aromatic ring is 1. The van der Waals surface area contributed by atoms with E-state index in [9.17, 15) is 4.79 Å². The number of aromatic nitrogens is 2. The predicted molar refractivity (Wildman–Crippen MR) is 96.7 cm³/mol. The first-order valence-electron chi connectivity index (χ1n) is 8.46. The van der Waals surface area contributed by atoms with Crippen molar-refractivity contribution in [2.24, 2.45) is 5.73 Å². The molecule has 8 heteroatoms. The highest BCUT2D eigenvalue weighted by atomic mass is 16.5. The average molecular weight is 347 g/mol. The van der Waals surface area contributed by atoms with Gasteiger partial charge in [-0.2, -0.15) is 0 Å².